The number of nitrogens with one attached hydrogen (secondary N) is 1. The lowest BCUT2D eigenvalue weighted by Crippen LogP contribution is -2.17. The van der Waals surface area contributed by atoms with E-state index in [0.717, 1.165) is 5.56 Å². The number of anilines is 1. The SMILES string of the molecule is O=C(Nc1ccnn1Cc1ccc(Cl)cc1)c1ccccc1[N+](=O)[O-]. The van der Waals surface area contributed by atoms with Crippen LogP contribution in [-0.2, 0) is 6.54 Å². The number of aromatic nitrogens is 2. The molecule has 0 aliphatic carbocycles. The van der Waals surface area contributed by atoms with Crippen molar-refractivity contribution in [3.63, 3.8) is 0 Å². The fourth-order valence-corrected chi connectivity index (χ4v) is 2.46. The Labute approximate surface area is 148 Å². The van der Waals surface area contributed by atoms with Gasteiger partial charge in [0, 0.05) is 17.2 Å². The van der Waals surface area contributed by atoms with Crippen LogP contribution in [0.1, 0.15) is 15.9 Å². The molecule has 8 heteroatoms. The van der Waals surface area contributed by atoms with E-state index < -0.39 is 10.8 Å². The van der Waals surface area contributed by atoms with E-state index in [1.54, 1.807) is 35.1 Å². The molecular formula is C17H13ClN4O3. The summed E-state index contributed by atoms with van der Waals surface area (Å²) in [6.45, 7) is 0.427. The van der Waals surface area contributed by atoms with Crippen LogP contribution in [0.3, 0.4) is 0 Å². The van der Waals surface area contributed by atoms with E-state index in [4.69, 9.17) is 11.6 Å². The van der Waals surface area contributed by atoms with Gasteiger partial charge in [0.25, 0.3) is 11.6 Å². The van der Waals surface area contributed by atoms with Crippen LogP contribution in [0.5, 0.6) is 0 Å². The van der Waals surface area contributed by atoms with E-state index in [1.165, 1.54) is 18.2 Å². The maximum absolute atomic E-state index is 12.4. The molecule has 1 heterocycles. The summed E-state index contributed by atoms with van der Waals surface area (Å²) in [5.74, 6) is -0.122. The number of carbonyl (C=O) groups is 1. The minimum absolute atomic E-state index is 0.00765. The Hall–Kier alpha value is -3.19. The first kappa shape index (κ1) is 16.7. The van der Waals surface area contributed by atoms with Crippen molar-refractivity contribution >= 4 is 29.0 Å². The van der Waals surface area contributed by atoms with Crippen molar-refractivity contribution in [3.8, 4) is 0 Å². The first-order valence-corrected chi connectivity index (χ1v) is 7.73. The second-order valence-corrected chi connectivity index (χ2v) is 5.67. The standard InChI is InChI=1S/C17H13ClN4O3/c18-13-7-5-12(6-8-13)11-21-16(9-10-19-21)20-17(23)14-3-1-2-4-15(14)22(24)25/h1-10H,11H2,(H,20,23). The van der Waals surface area contributed by atoms with Crippen LogP contribution in [0.4, 0.5) is 11.5 Å². The molecule has 0 saturated carbocycles. The summed E-state index contributed by atoms with van der Waals surface area (Å²) < 4.78 is 1.59. The van der Waals surface area contributed by atoms with Crippen molar-refractivity contribution in [1.29, 1.82) is 0 Å². The van der Waals surface area contributed by atoms with Crippen LogP contribution in [0.15, 0.2) is 60.8 Å². The monoisotopic (exact) mass is 356 g/mol. The number of carbonyl (C=O) groups excluding carboxylic acids is 1. The van der Waals surface area contributed by atoms with Gasteiger partial charge in [-0.05, 0) is 23.8 Å². The van der Waals surface area contributed by atoms with Crippen LogP contribution >= 0.6 is 11.6 Å². The molecule has 1 N–H and O–H groups in total. The minimum atomic E-state index is -0.583. The van der Waals surface area contributed by atoms with E-state index in [2.05, 4.69) is 10.4 Å². The summed E-state index contributed by atoms with van der Waals surface area (Å²) in [7, 11) is 0. The summed E-state index contributed by atoms with van der Waals surface area (Å²) in [6, 6.07) is 14.7. The number of benzene rings is 2. The second-order valence-electron chi connectivity index (χ2n) is 5.23. The summed E-state index contributed by atoms with van der Waals surface area (Å²) in [6.07, 6.45) is 1.55. The average molecular weight is 357 g/mol. The highest BCUT2D eigenvalue weighted by atomic mass is 35.5. The summed E-state index contributed by atoms with van der Waals surface area (Å²) >= 11 is 5.87. The van der Waals surface area contributed by atoms with Gasteiger partial charge in [-0.25, -0.2) is 4.68 Å². The molecule has 0 atom stereocenters. The molecular weight excluding hydrogens is 344 g/mol. The summed E-state index contributed by atoms with van der Waals surface area (Å²) in [5, 5.41) is 18.5. The first-order chi connectivity index (χ1) is 12.0. The predicted octanol–water partition coefficient (Wildman–Crippen LogP) is 3.75. The number of para-hydroxylation sites is 1. The molecule has 1 aromatic heterocycles. The Morgan fingerprint density at radius 1 is 1.16 bits per heavy atom. The van der Waals surface area contributed by atoms with Gasteiger partial charge >= 0.3 is 0 Å². The van der Waals surface area contributed by atoms with Gasteiger partial charge in [-0.2, -0.15) is 5.10 Å². The number of halogens is 1. The third kappa shape index (κ3) is 3.84. The molecule has 0 bridgehead atoms. The third-order valence-electron chi connectivity index (χ3n) is 3.55. The number of nitro groups is 1. The minimum Gasteiger partial charge on any atom is -0.307 e. The molecule has 2 aromatic carbocycles. The van der Waals surface area contributed by atoms with Gasteiger partial charge in [-0.1, -0.05) is 35.9 Å². The number of amides is 1. The Morgan fingerprint density at radius 2 is 1.88 bits per heavy atom. The van der Waals surface area contributed by atoms with Crippen molar-refractivity contribution in [3.05, 3.63) is 87.1 Å². The van der Waals surface area contributed by atoms with Crippen LogP contribution < -0.4 is 5.32 Å². The average Bonchev–Trinajstić information content (AvgIpc) is 3.03. The van der Waals surface area contributed by atoms with Gasteiger partial charge in [-0.3, -0.25) is 14.9 Å². The zero-order valence-electron chi connectivity index (χ0n) is 12.9. The lowest BCUT2D eigenvalue weighted by Gasteiger charge is -2.09. The van der Waals surface area contributed by atoms with E-state index in [1.807, 2.05) is 12.1 Å². The van der Waals surface area contributed by atoms with E-state index in [0.29, 0.717) is 17.4 Å². The van der Waals surface area contributed by atoms with Gasteiger partial charge in [0.15, 0.2) is 0 Å². The van der Waals surface area contributed by atoms with Crippen LogP contribution in [0.25, 0.3) is 0 Å². The fraction of sp³-hybridized carbons (Fsp3) is 0.0588. The highest BCUT2D eigenvalue weighted by molar-refractivity contribution is 6.30. The number of hydrogen-bond acceptors (Lipinski definition) is 4. The van der Waals surface area contributed by atoms with Crippen molar-refractivity contribution in [2.75, 3.05) is 5.32 Å². The lowest BCUT2D eigenvalue weighted by molar-refractivity contribution is -0.385. The van der Waals surface area contributed by atoms with Crippen LogP contribution in [0.2, 0.25) is 5.02 Å². The van der Waals surface area contributed by atoms with Gasteiger partial charge in [0.2, 0.25) is 0 Å². The molecule has 0 radical (unpaired) electrons. The van der Waals surface area contributed by atoms with Gasteiger partial charge < -0.3 is 5.32 Å². The topological polar surface area (TPSA) is 90.1 Å². The fourth-order valence-electron chi connectivity index (χ4n) is 2.34. The molecule has 0 unspecified atom stereocenters. The number of hydrogen-bond donors (Lipinski definition) is 1. The first-order valence-electron chi connectivity index (χ1n) is 7.35. The van der Waals surface area contributed by atoms with Gasteiger partial charge in [0.1, 0.15) is 11.4 Å². The molecule has 126 valence electrons. The third-order valence-corrected chi connectivity index (χ3v) is 3.80. The lowest BCUT2D eigenvalue weighted by atomic mass is 10.1. The van der Waals surface area contributed by atoms with E-state index in [-0.39, 0.29) is 11.3 Å². The molecule has 25 heavy (non-hydrogen) atoms. The normalized spacial score (nSPS) is 10.4. The maximum atomic E-state index is 12.4. The summed E-state index contributed by atoms with van der Waals surface area (Å²) in [4.78, 5) is 22.9. The van der Waals surface area contributed by atoms with E-state index >= 15 is 0 Å². The molecule has 3 aromatic rings. The molecule has 0 saturated heterocycles. The number of rotatable bonds is 5. The zero-order valence-corrected chi connectivity index (χ0v) is 13.7. The Balaban J connectivity index is 1.80. The molecule has 3 rings (SSSR count). The molecule has 0 aliphatic heterocycles. The molecule has 0 spiro atoms. The maximum Gasteiger partial charge on any atom is 0.282 e. The van der Waals surface area contributed by atoms with Crippen molar-refractivity contribution in [1.82, 2.24) is 9.78 Å². The van der Waals surface area contributed by atoms with Crippen molar-refractivity contribution < 1.29 is 9.72 Å². The second kappa shape index (κ2) is 7.14. The summed E-state index contributed by atoms with van der Waals surface area (Å²) in [5.41, 5.74) is 0.699. The Bertz CT molecular complexity index is 922. The Kier molecular flexibility index (Phi) is 4.76. The van der Waals surface area contributed by atoms with Crippen molar-refractivity contribution in [2.45, 2.75) is 6.54 Å². The number of nitro benzene ring substituents is 1. The molecule has 0 aliphatic rings. The van der Waals surface area contributed by atoms with Gasteiger partial charge in [0.05, 0.1) is 17.7 Å². The van der Waals surface area contributed by atoms with Crippen LogP contribution in [0, 0.1) is 10.1 Å². The van der Waals surface area contributed by atoms with Crippen LogP contribution in [-0.4, -0.2) is 20.6 Å². The zero-order chi connectivity index (χ0) is 17.8. The molecule has 7 nitrogen and oxygen atoms in total. The van der Waals surface area contributed by atoms with Crippen molar-refractivity contribution in [2.24, 2.45) is 0 Å². The highest BCUT2D eigenvalue weighted by Gasteiger charge is 2.20. The highest BCUT2D eigenvalue weighted by Crippen LogP contribution is 2.20. The quantitative estimate of drug-likeness (QED) is 0.557. The van der Waals surface area contributed by atoms with Gasteiger partial charge in [-0.15, -0.1) is 0 Å². The van der Waals surface area contributed by atoms with E-state index in [9.17, 15) is 14.9 Å². The molecule has 1 amide bonds. The predicted molar refractivity (Wildman–Crippen MR) is 93.8 cm³/mol. The largest absolute Gasteiger partial charge is 0.307 e. The molecule has 0 fully saturated rings. The Morgan fingerprint density at radius 3 is 2.60 bits per heavy atom. The smallest absolute Gasteiger partial charge is 0.282 e. The number of nitrogens with zero attached hydrogens (tertiary/aromatic N) is 3.